The van der Waals surface area contributed by atoms with Crippen LogP contribution in [0.25, 0.3) is 11.1 Å². The molecule has 0 unspecified atom stereocenters. The molecule has 0 bridgehead atoms. The van der Waals surface area contributed by atoms with Crippen LogP contribution >= 0.6 is 11.8 Å². The van der Waals surface area contributed by atoms with Crippen LogP contribution < -0.4 is 0 Å². The molecular weight excluding hydrogens is 376 g/mol. The second-order valence-corrected chi connectivity index (χ2v) is 8.24. The zero-order chi connectivity index (χ0) is 20.6. The summed E-state index contributed by atoms with van der Waals surface area (Å²) in [5.74, 6) is -0.310. The maximum absolute atomic E-state index is 11.7. The number of carbonyl (C=O) groups excluding carboxylic acids is 1. The fraction of sp³-hybridized carbons (Fsp3) is 0.192. The molecule has 0 amide bonds. The Balaban J connectivity index is 1.90. The third-order valence-corrected chi connectivity index (χ3v) is 5.75. The molecule has 3 heteroatoms. The molecule has 0 atom stereocenters. The van der Waals surface area contributed by atoms with Gasteiger partial charge in [-0.3, -0.25) is 0 Å². The van der Waals surface area contributed by atoms with Crippen LogP contribution in [-0.2, 0) is 11.2 Å². The first kappa shape index (κ1) is 20.9. The van der Waals surface area contributed by atoms with Gasteiger partial charge in [0.2, 0.25) is 0 Å². The van der Waals surface area contributed by atoms with E-state index in [-0.39, 0.29) is 5.97 Å². The topological polar surface area (TPSA) is 26.3 Å². The average Bonchev–Trinajstić information content (AvgIpc) is 2.75. The van der Waals surface area contributed by atoms with Crippen molar-refractivity contribution in [3.05, 3.63) is 95.6 Å². The van der Waals surface area contributed by atoms with Crippen LogP contribution in [-0.4, -0.2) is 13.1 Å². The van der Waals surface area contributed by atoms with E-state index in [1.165, 1.54) is 34.3 Å². The Labute approximate surface area is 177 Å². The number of allylic oxidation sites excluding steroid dienone is 2. The van der Waals surface area contributed by atoms with Crippen LogP contribution in [0.4, 0.5) is 0 Å². The van der Waals surface area contributed by atoms with E-state index in [2.05, 4.69) is 62.4 Å². The molecule has 0 heterocycles. The highest BCUT2D eigenvalue weighted by Crippen LogP contribution is 2.35. The first-order chi connectivity index (χ1) is 14.1. The maximum atomic E-state index is 11.7. The predicted octanol–water partition coefficient (Wildman–Crippen LogP) is 7.19. The molecule has 0 fully saturated rings. The van der Waals surface area contributed by atoms with Gasteiger partial charge in [-0.15, -0.1) is 0 Å². The van der Waals surface area contributed by atoms with E-state index in [9.17, 15) is 4.79 Å². The largest absolute Gasteiger partial charge is 0.465 e. The fourth-order valence-corrected chi connectivity index (χ4v) is 4.10. The predicted molar refractivity (Wildman–Crippen MR) is 122 cm³/mol. The molecule has 2 nitrogen and oxygen atoms in total. The number of methoxy groups -OCH3 is 1. The molecule has 0 N–H and O–H groups in total. The van der Waals surface area contributed by atoms with E-state index in [0.717, 1.165) is 17.7 Å². The summed E-state index contributed by atoms with van der Waals surface area (Å²) in [5, 5.41) is 0. The summed E-state index contributed by atoms with van der Waals surface area (Å²) in [5.41, 5.74) is 5.68. The fourth-order valence-electron chi connectivity index (χ4n) is 3.09. The molecule has 0 aliphatic rings. The third kappa shape index (κ3) is 5.85. The number of rotatable bonds is 7. The van der Waals surface area contributed by atoms with Crippen molar-refractivity contribution < 1.29 is 9.53 Å². The SMILES string of the molecule is COC(=O)c1ccc(Sc2cc(-c3ccccc3)ccc2CCC=C(C)C)cc1. The van der Waals surface area contributed by atoms with Gasteiger partial charge < -0.3 is 4.74 Å². The van der Waals surface area contributed by atoms with E-state index in [1.54, 1.807) is 11.8 Å². The Morgan fingerprint density at radius 1 is 0.931 bits per heavy atom. The zero-order valence-electron chi connectivity index (χ0n) is 17.1. The minimum atomic E-state index is -0.310. The summed E-state index contributed by atoms with van der Waals surface area (Å²) in [6, 6.07) is 24.8. The van der Waals surface area contributed by atoms with E-state index in [1.807, 2.05) is 30.3 Å². The second-order valence-electron chi connectivity index (χ2n) is 7.13. The number of esters is 1. The average molecular weight is 403 g/mol. The first-order valence-corrected chi connectivity index (χ1v) is 10.6. The van der Waals surface area contributed by atoms with Crippen molar-refractivity contribution in [1.82, 2.24) is 0 Å². The van der Waals surface area contributed by atoms with Gasteiger partial charge in [0, 0.05) is 9.79 Å². The van der Waals surface area contributed by atoms with Crippen molar-refractivity contribution >= 4 is 17.7 Å². The van der Waals surface area contributed by atoms with Gasteiger partial charge in [0.05, 0.1) is 12.7 Å². The first-order valence-electron chi connectivity index (χ1n) is 9.75. The molecule has 3 aromatic rings. The van der Waals surface area contributed by atoms with Crippen LogP contribution in [0.3, 0.4) is 0 Å². The van der Waals surface area contributed by atoms with Crippen LogP contribution in [0, 0.1) is 0 Å². The summed E-state index contributed by atoms with van der Waals surface area (Å²) < 4.78 is 4.79. The molecule has 0 radical (unpaired) electrons. The zero-order valence-corrected chi connectivity index (χ0v) is 18.0. The van der Waals surface area contributed by atoms with E-state index in [0.29, 0.717) is 5.56 Å². The molecule has 3 aromatic carbocycles. The summed E-state index contributed by atoms with van der Waals surface area (Å²) in [6.07, 6.45) is 4.31. The van der Waals surface area contributed by atoms with Gasteiger partial charge in [0.15, 0.2) is 0 Å². The highest BCUT2D eigenvalue weighted by Gasteiger charge is 2.09. The highest BCUT2D eigenvalue weighted by atomic mass is 32.2. The van der Waals surface area contributed by atoms with E-state index < -0.39 is 0 Å². The van der Waals surface area contributed by atoms with Gasteiger partial charge in [-0.2, -0.15) is 0 Å². The Kier molecular flexibility index (Phi) is 7.31. The standard InChI is InChI=1S/C26H26O2S/c1-19(2)8-7-11-21-12-13-23(20-9-5-4-6-10-20)18-25(21)29-24-16-14-22(15-17-24)26(27)28-3/h4-6,8-10,12-18H,7,11H2,1-3H3. The molecule has 0 spiro atoms. The van der Waals surface area contributed by atoms with Crippen molar-refractivity contribution in [1.29, 1.82) is 0 Å². The molecule has 29 heavy (non-hydrogen) atoms. The Morgan fingerprint density at radius 2 is 1.66 bits per heavy atom. The minimum absolute atomic E-state index is 0.310. The second kappa shape index (κ2) is 10.1. The van der Waals surface area contributed by atoms with Crippen molar-refractivity contribution in [2.24, 2.45) is 0 Å². The van der Waals surface area contributed by atoms with Gasteiger partial charge >= 0.3 is 5.97 Å². The number of ether oxygens (including phenoxy) is 1. The van der Waals surface area contributed by atoms with Gasteiger partial charge in [-0.1, -0.05) is 65.9 Å². The number of aryl methyl sites for hydroxylation is 1. The minimum Gasteiger partial charge on any atom is -0.465 e. The Morgan fingerprint density at radius 3 is 2.31 bits per heavy atom. The summed E-state index contributed by atoms with van der Waals surface area (Å²) in [4.78, 5) is 14.0. The smallest absolute Gasteiger partial charge is 0.337 e. The Bertz CT molecular complexity index is 985. The molecule has 3 rings (SSSR count). The number of hydrogen-bond acceptors (Lipinski definition) is 3. The van der Waals surface area contributed by atoms with E-state index >= 15 is 0 Å². The summed E-state index contributed by atoms with van der Waals surface area (Å²) in [6.45, 7) is 4.27. The lowest BCUT2D eigenvalue weighted by atomic mass is 10.0. The van der Waals surface area contributed by atoms with Crippen molar-refractivity contribution in [2.45, 2.75) is 36.5 Å². The maximum Gasteiger partial charge on any atom is 0.337 e. The molecule has 0 saturated carbocycles. The van der Waals surface area contributed by atoms with Crippen LogP contribution in [0.5, 0.6) is 0 Å². The number of carbonyl (C=O) groups is 1. The molecule has 148 valence electrons. The lowest BCUT2D eigenvalue weighted by molar-refractivity contribution is 0.0600. The van der Waals surface area contributed by atoms with Crippen molar-refractivity contribution in [3.63, 3.8) is 0 Å². The molecule has 0 aromatic heterocycles. The van der Waals surface area contributed by atoms with Gasteiger partial charge in [0.25, 0.3) is 0 Å². The number of benzene rings is 3. The third-order valence-electron chi connectivity index (χ3n) is 4.64. The molecule has 0 aliphatic carbocycles. The highest BCUT2D eigenvalue weighted by molar-refractivity contribution is 7.99. The van der Waals surface area contributed by atoms with Gasteiger partial charge in [-0.05, 0) is 73.7 Å². The molecule has 0 saturated heterocycles. The quantitative estimate of drug-likeness (QED) is 0.309. The van der Waals surface area contributed by atoms with Crippen LogP contribution in [0.15, 0.2) is 94.2 Å². The van der Waals surface area contributed by atoms with Crippen LogP contribution in [0.1, 0.15) is 36.2 Å². The van der Waals surface area contributed by atoms with Crippen molar-refractivity contribution in [3.8, 4) is 11.1 Å². The molecular formula is C26H26O2S. The van der Waals surface area contributed by atoms with Gasteiger partial charge in [-0.25, -0.2) is 4.79 Å². The summed E-state index contributed by atoms with van der Waals surface area (Å²) in [7, 11) is 1.40. The van der Waals surface area contributed by atoms with Crippen LogP contribution in [0.2, 0.25) is 0 Å². The summed E-state index contributed by atoms with van der Waals surface area (Å²) >= 11 is 1.74. The Hall–Kier alpha value is -2.78. The van der Waals surface area contributed by atoms with Gasteiger partial charge in [0.1, 0.15) is 0 Å². The van der Waals surface area contributed by atoms with E-state index in [4.69, 9.17) is 4.74 Å². The lowest BCUT2D eigenvalue weighted by Gasteiger charge is -2.12. The monoisotopic (exact) mass is 402 g/mol. The van der Waals surface area contributed by atoms with Crippen molar-refractivity contribution in [2.75, 3.05) is 7.11 Å². The lowest BCUT2D eigenvalue weighted by Crippen LogP contribution is -2.00. The number of hydrogen-bond donors (Lipinski definition) is 0. The normalized spacial score (nSPS) is 10.4. The molecule has 0 aliphatic heterocycles.